The van der Waals surface area contributed by atoms with Gasteiger partial charge in [-0.2, -0.15) is 0 Å². The molecule has 4 N–H and O–H groups in total. The van der Waals surface area contributed by atoms with Crippen LogP contribution in [0.4, 0.5) is 14.5 Å². The summed E-state index contributed by atoms with van der Waals surface area (Å²) in [6.07, 6.45) is -1.14. The number of amides is 4. The number of alkyl halides is 2. The van der Waals surface area contributed by atoms with E-state index in [-0.39, 0.29) is 81.4 Å². The maximum absolute atomic E-state index is 17.3. The van der Waals surface area contributed by atoms with E-state index in [2.05, 4.69) is 16.4 Å². The van der Waals surface area contributed by atoms with Crippen molar-refractivity contribution in [2.75, 3.05) is 77.9 Å². The van der Waals surface area contributed by atoms with E-state index < -0.39 is 83.2 Å². The van der Waals surface area contributed by atoms with Gasteiger partial charge in [0.1, 0.15) is 12.8 Å². The molecule has 0 spiro atoms. The Hall–Kier alpha value is -5.25. The van der Waals surface area contributed by atoms with E-state index in [1.54, 1.807) is 25.1 Å². The monoisotopic (exact) mass is 1010 g/mol. The van der Waals surface area contributed by atoms with E-state index in [0.29, 0.717) is 50.9 Å². The number of hydrogen-bond donors (Lipinski definition) is 4. The first-order chi connectivity index (χ1) is 34.2. The number of aliphatic hydroxyl groups excluding tert-OH is 2. The number of fused-ring (bicyclic) bond motifs is 7. The first-order valence-electron chi connectivity index (χ1n) is 23.7. The quantitative estimate of drug-likeness (QED) is 0.0667. The molecule has 6 aliphatic rings. The number of Topliss-reactive ketones (excluding diaryl/α,β-unsaturated/α-hetero) is 1. The number of ketones is 2. The number of allylic oxidation sites excluding steroid dienone is 2. The van der Waals surface area contributed by atoms with Gasteiger partial charge < -0.3 is 49.3 Å². The lowest BCUT2D eigenvalue weighted by atomic mass is 9.49. The lowest BCUT2D eigenvalue weighted by molar-refractivity contribution is -0.209. The standard InChI is InChI=1S/C51H57F2N3O14S/c1-49-29-41(59)50(53)37-10-7-33(58)26-36(37)40(52)27-39(50)38(49)28-43-51(49,42(60)30-57)70-48(69-43)31-5-8-34(9-6-31)71-35-4-2-3-32(25-35)55-45(62)14-17-65-19-21-67-23-24-68-22-20-66-18-15-54-44(61)13-16-56-46(63)11-12-47(56)64/h2-9,11-12,25-26,38-41,43,48,57,59H,13-24,27-30H2,1H3,(H,54,61)(H,55,62)/t38-,39-,40-,41-,43+,48+,49-,50-,51+/m0/s1. The van der Waals surface area contributed by atoms with Gasteiger partial charge in [-0.25, -0.2) is 8.78 Å². The van der Waals surface area contributed by atoms with Gasteiger partial charge >= 0.3 is 0 Å². The zero-order valence-corrected chi connectivity index (χ0v) is 39.9. The number of imide groups is 1. The largest absolute Gasteiger partial charge is 0.389 e. The number of carbonyl (C=O) groups is 6. The Kier molecular flexibility index (Phi) is 16.6. The van der Waals surface area contributed by atoms with E-state index in [4.69, 9.17) is 28.4 Å². The van der Waals surface area contributed by atoms with Crippen molar-refractivity contribution in [1.82, 2.24) is 10.2 Å². The molecule has 8 rings (SSSR count). The van der Waals surface area contributed by atoms with Crippen molar-refractivity contribution in [2.24, 2.45) is 17.3 Å². The van der Waals surface area contributed by atoms with Gasteiger partial charge in [0.05, 0.1) is 71.5 Å². The second-order valence-electron chi connectivity index (χ2n) is 18.3. The van der Waals surface area contributed by atoms with Crippen LogP contribution in [0.1, 0.15) is 50.9 Å². The molecule has 0 radical (unpaired) electrons. The van der Waals surface area contributed by atoms with Crippen LogP contribution in [0, 0.1) is 17.3 Å². The van der Waals surface area contributed by atoms with Crippen molar-refractivity contribution in [1.29, 1.82) is 0 Å². The number of anilines is 1. The fraction of sp³-hybridized carbons (Fsp3) is 0.510. The van der Waals surface area contributed by atoms with Gasteiger partial charge in [0, 0.05) is 81.3 Å². The topological polar surface area (TPSA) is 226 Å². The first kappa shape index (κ1) is 52.1. The van der Waals surface area contributed by atoms with Crippen molar-refractivity contribution in [3.05, 3.63) is 95.3 Å². The second kappa shape index (κ2) is 22.7. The minimum atomic E-state index is -2.42. The maximum atomic E-state index is 17.3. The number of nitrogens with zero attached hydrogens (tertiary/aromatic N) is 1. The van der Waals surface area contributed by atoms with Crippen LogP contribution in [0.3, 0.4) is 0 Å². The third-order valence-electron chi connectivity index (χ3n) is 14.1. The zero-order chi connectivity index (χ0) is 50.3. The molecule has 71 heavy (non-hydrogen) atoms. The molecule has 4 aliphatic carbocycles. The molecule has 2 aromatic carbocycles. The summed E-state index contributed by atoms with van der Waals surface area (Å²) in [5, 5.41) is 27.4. The summed E-state index contributed by atoms with van der Waals surface area (Å²) in [6, 6.07) is 14.7. The van der Waals surface area contributed by atoms with Crippen molar-refractivity contribution >= 4 is 52.6 Å². The molecule has 380 valence electrons. The van der Waals surface area contributed by atoms with Gasteiger partial charge in [-0.3, -0.25) is 33.7 Å². The highest BCUT2D eigenvalue weighted by atomic mass is 32.2. The van der Waals surface area contributed by atoms with Crippen LogP contribution in [-0.2, 0) is 57.2 Å². The molecule has 4 fully saturated rings. The minimum absolute atomic E-state index is 0.0161. The molecule has 1 saturated heterocycles. The van der Waals surface area contributed by atoms with Gasteiger partial charge in [-0.05, 0) is 61.6 Å². The average molecular weight is 1010 g/mol. The minimum Gasteiger partial charge on any atom is -0.389 e. The van der Waals surface area contributed by atoms with Crippen molar-refractivity contribution < 1.29 is 76.2 Å². The molecule has 3 saturated carbocycles. The van der Waals surface area contributed by atoms with E-state index in [1.165, 1.54) is 23.9 Å². The van der Waals surface area contributed by atoms with Gasteiger partial charge in [-0.15, -0.1) is 5.73 Å². The van der Waals surface area contributed by atoms with Gasteiger partial charge in [0.2, 0.25) is 11.8 Å². The summed E-state index contributed by atoms with van der Waals surface area (Å²) in [4.78, 5) is 76.3. The number of rotatable bonds is 24. The summed E-state index contributed by atoms with van der Waals surface area (Å²) in [5.41, 5.74) is -1.87. The SMILES string of the molecule is C[C@]12C[C@H](O)[C@]3(F)C4=C=CC(=O)C=C4[C@@H](F)C[C@H]3[C@@H]1C[C@H]1O[C@@H](c3ccc(Sc4cccc(NC(=O)CCOCCOCCOCCOCCNC(=O)CCN5C(=O)C=CC5=O)c4)cc3)O[C@]12C(=O)CO. The Labute approximate surface area is 412 Å². The van der Waals surface area contributed by atoms with Crippen LogP contribution >= 0.6 is 11.8 Å². The van der Waals surface area contributed by atoms with Crippen LogP contribution in [0.15, 0.2) is 99.5 Å². The van der Waals surface area contributed by atoms with E-state index in [0.717, 1.165) is 26.8 Å². The highest BCUT2D eigenvalue weighted by Crippen LogP contribution is 2.70. The van der Waals surface area contributed by atoms with Crippen LogP contribution in [0.2, 0.25) is 0 Å². The van der Waals surface area contributed by atoms with E-state index in [9.17, 15) is 39.0 Å². The fourth-order valence-electron chi connectivity index (χ4n) is 10.8. The summed E-state index contributed by atoms with van der Waals surface area (Å²) >= 11 is 1.45. The Morgan fingerprint density at radius 2 is 1.55 bits per heavy atom. The number of halogens is 2. The highest BCUT2D eigenvalue weighted by molar-refractivity contribution is 7.99. The smallest absolute Gasteiger partial charge is 0.253 e. The third-order valence-corrected chi connectivity index (χ3v) is 15.1. The van der Waals surface area contributed by atoms with Crippen LogP contribution in [-0.4, -0.2) is 153 Å². The third kappa shape index (κ3) is 10.9. The zero-order valence-electron chi connectivity index (χ0n) is 39.1. The van der Waals surface area contributed by atoms with Gasteiger partial charge in [0.15, 0.2) is 29.1 Å². The molecule has 9 atom stereocenters. The van der Waals surface area contributed by atoms with Crippen LogP contribution < -0.4 is 10.6 Å². The van der Waals surface area contributed by atoms with E-state index in [1.807, 2.05) is 30.3 Å². The summed E-state index contributed by atoms with van der Waals surface area (Å²) in [7, 11) is 0. The molecule has 4 amide bonds. The molecule has 2 aliphatic heterocycles. The maximum Gasteiger partial charge on any atom is 0.253 e. The number of nitrogens with one attached hydrogen (secondary N) is 2. The predicted octanol–water partition coefficient (Wildman–Crippen LogP) is 3.83. The number of carbonyl (C=O) groups excluding carboxylic acids is 6. The fourth-order valence-corrected chi connectivity index (χ4v) is 11.7. The molecule has 17 nitrogen and oxygen atoms in total. The number of ether oxygens (including phenoxy) is 6. The Morgan fingerprint density at radius 1 is 0.873 bits per heavy atom. The summed E-state index contributed by atoms with van der Waals surface area (Å²) in [6.45, 7) is 3.62. The molecule has 0 bridgehead atoms. The van der Waals surface area contributed by atoms with E-state index >= 15 is 8.78 Å². The molecule has 20 heteroatoms. The molecule has 0 unspecified atom stereocenters. The Balaban J connectivity index is 0.718. The predicted molar refractivity (Wildman–Crippen MR) is 249 cm³/mol. The molecular formula is C51H57F2N3O14S. The Morgan fingerprint density at radius 3 is 2.24 bits per heavy atom. The van der Waals surface area contributed by atoms with Gasteiger partial charge in [-0.1, -0.05) is 36.9 Å². The lowest BCUT2D eigenvalue weighted by Gasteiger charge is -2.58. The average Bonchev–Trinajstić information content (AvgIpc) is 3.98. The molecule has 2 aromatic rings. The molecule has 0 aromatic heterocycles. The summed E-state index contributed by atoms with van der Waals surface area (Å²) in [5.74, 6) is -4.28. The number of hydrogen-bond acceptors (Lipinski definition) is 15. The normalized spacial score (nSPS) is 29.3. The van der Waals surface area contributed by atoms with Gasteiger partial charge in [0.25, 0.3) is 11.8 Å². The lowest BCUT2D eigenvalue weighted by Crippen LogP contribution is -2.66. The number of benzene rings is 2. The van der Waals surface area contributed by atoms with Crippen molar-refractivity contribution in [2.45, 2.75) is 84.8 Å². The van der Waals surface area contributed by atoms with Crippen LogP contribution in [0.25, 0.3) is 0 Å². The first-order valence-corrected chi connectivity index (χ1v) is 24.5. The molecule has 2 heterocycles. The van der Waals surface area contributed by atoms with Crippen LogP contribution in [0.5, 0.6) is 0 Å². The highest BCUT2D eigenvalue weighted by Gasteiger charge is 2.78. The molecular weight excluding hydrogens is 949 g/mol. The van der Waals surface area contributed by atoms with Crippen molar-refractivity contribution in [3.8, 4) is 0 Å². The second-order valence-corrected chi connectivity index (χ2v) is 19.5. The van der Waals surface area contributed by atoms with Crippen molar-refractivity contribution in [3.63, 3.8) is 0 Å². The Bertz CT molecular complexity index is 2480. The number of aliphatic hydroxyl groups is 2. The summed E-state index contributed by atoms with van der Waals surface area (Å²) < 4.78 is 67.9.